The number of thioether (sulfide) groups is 2. The van der Waals surface area contributed by atoms with Gasteiger partial charge in [-0.25, -0.2) is 0 Å². The summed E-state index contributed by atoms with van der Waals surface area (Å²) >= 11 is 13.1. The molecular formula is C22H24S4. The van der Waals surface area contributed by atoms with Crippen molar-refractivity contribution in [3.8, 4) is 0 Å². The van der Waals surface area contributed by atoms with E-state index in [0.29, 0.717) is 0 Å². The molecule has 0 aliphatic heterocycles. The van der Waals surface area contributed by atoms with Crippen LogP contribution in [0.5, 0.6) is 0 Å². The molecule has 3 fully saturated rings. The van der Waals surface area contributed by atoms with E-state index in [4.69, 9.17) is 0 Å². The molecule has 0 heterocycles. The summed E-state index contributed by atoms with van der Waals surface area (Å²) in [6.07, 6.45) is 5.78. The predicted molar refractivity (Wildman–Crippen MR) is 119 cm³/mol. The minimum atomic E-state index is 0.813. The second-order valence-corrected chi connectivity index (χ2v) is 11.8. The van der Waals surface area contributed by atoms with E-state index in [1.165, 1.54) is 35.5 Å². The van der Waals surface area contributed by atoms with Gasteiger partial charge in [0.25, 0.3) is 0 Å². The third-order valence-corrected chi connectivity index (χ3v) is 9.87. The van der Waals surface area contributed by atoms with Crippen LogP contribution >= 0.6 is 48.8 Å². The summed E-state index contributed by atoms with van der Waals surface area (Å²) < 4.78 is 0. The van der Waals surface area contributed by atoms with Gasteiger partial charge in [0, 0.05) is 30.1 Å². The maximum atomic E-state index is 4.41. The van der Waals surface area contributed by atoms with Crippen LogP contribution in [-0.2, 0) is 0 Å². The first kappa shape index (κ1) is 17.9. The van der Waals surface area contributed by atoms with E-state index < -0.39 is 0 Å². The van der Waals surface area contributed by atoms with E-state index in [9.17, 15) is 0 Å². The molecule has 0 amide bonds. The van der Waals surface area contributed by atoms with Crippen LogP contribution in [0.25, 0.3) is 0 Å². The van der Waals surface area contributed by atoms with Crippen molar-refractivity contribution in [1.82, 2.24) is 0 Å². The van der Waals surface area contributed by atoms with Gasteiger partial charge in [-0.3, -0.25) is 0 Å². The van der Waals surface area contributed by atoms with Crippen LogP contribution < -0.4 is 0 Å². The summed E-state index contributed by atoms with van der Waals surface area (Å²) in [4.78, 5) is 4.95. The zero-order chi connectivity index (χ0) is 17.7. The van der Waals surface area contributed by atoms with E-state index in [1.807, 2.05) is 0 Å². The molecular weight excluding hydrogens is 393 g/mol. The first-order valence-electron chi connectivity index (χ1n) is 9.57. The Labute approximate surface area is 176 Å². The van der Waals surface area contributed by atoms with Crippen molar-refractivity contribution in [2.75, 3.05) is 0 Å². The molecule has 0 nitrogen and oxygen atoms in total. The maximum Gasteiger partial charge on any atom is 0.0128 e. The van der Waals surface area contributed by atoms with Gasteiger partial charge in [0.1, 0.15) is 0 Å². The summed E-state index contributed by atoms with van der Waals surface area (Å²) in [6.45, 7) is 0. The molecule has 3 aliphatic carbocycles. The molecule has 6 unspecified atom stereocenters. The fourth-order valence-electron chi connectivity index (χ4n) is 5.61. The molecule has 0 aromatic heterocycles. The van der Waals surface area contributed by atoms with Crippen LogP contribution in [0.4, 0.5) is 0 Å². The lowest BCUT2D eigenvalue weighted by molar-refractivity contribution is 0.266. The normalized spacial score (nSPS) is 35.0. The second-order valence-electron chi connectivity index (χ2n) is 8.08. The Balaban J connectivity index is 1.24. The zero-order valence-corrected chi connectivity index (χ0v) is 18.0. The highest BCUT2D eigenvalue weighted by molar-refractivity contribution is 8.00. The summed E-state index contributed by atoms with van der Waals surface area (Å²) in [5, 5.41) is 1.65. The fraction of sp³-hybridized carbons (Fsp3) is 0.455. The monoisotopic (exact) mass is 416 g/mol. The van der Waals surface area contributed by atoms with E-state index in [2.05, 4.69) is 97.3 Å². The van der Waals surface area contributed by atoms with Crippen molar-refractivity contribution in [3.05, 3.63) is 48.5 Å². The minimum absolute atomic E-state index is 0.813. The number of benzene rings is 2. The van der Waals surface area contributed by atoms with Crippen molar-refractivity contribution < 1.29 is 0 Å². The third kappa shape index (κ3) is 3.47. The third-order valence-electron chi connectivity index (χ3n) is 6.63. The van der Waals surface area contributed by atoms with Gasteiger partial charge in [0.05, 0.1) is 0 Å². The van der Waals surface area contributed by atoms with Gasteiger partial charge in [-0.1, -0.05) is 0 Å². The van der Waals surface area contributed by atoms with E-state index in [1.54, 1.807) is 0 Å². The van der Waals surface area contributed by atoms with Crippen LogP contribution in [0.3, 0.4) is 0 Å². The van der Waals surface area contributed by atoms with Gasteiger partial charge in [0.2, 0.25) is 0 Å². The molecule has 0 radical (unpaired) electrons. The molecule has 2 aromatic carbocycles. The Morgan fingerprint density at radius 2 is 1.19 bits per heavy atom. The molecule has 6 atom stereocenters. The highest BCUT2D eigenvalue weighted by Gasteiger charge is 2.56. The van der Waals surface area contributed by atoms with Gasteiger partial charge < -0.3 is 0 Å². The lowest BCUT2D eigenvalue weighted by atomic mass is 9.81. The van der Waals surface area contributed by atoms with Crippen molar-refractivity contribution in [3.63, 3.8) is 0 Å². The first-order valence-corrected chi connectivity index (χ1v) is 12.2. The lowest BCUT2D eigenvalue weighted by Crippen LogP contribution is -2.26. The molecule has 0 spiro atoms. The summed E-state index contributed by atoms with van der Waals surface area (Å²) in [7, 11) is 0. The quantitative estimate of drug-likeness (QED) is 0.517. The number of fused-ring (bicyclic) bond motifs is 5. The number of hydrogen-bond acceptors (Lipinski definition) is 4. The van der Waals surface area contributed by atoms with E-state index in [0.717, 1.165) is 44.0 Å². The molecule has 0 saturated heterocycles. The van der Waals surface area contributed by atoms with Gasteiger partial charge in [0.15, 0.2) is 0 Å². The standard InChI is InChI=1S/C22H24S4/c23-14-1-5-16(6-2-14)25-18-11-19-13-9-21(20(19)12-18)22(10-13)26-17-7-3-15(24)4-8-17/h1-8,13,18-24H,9-12H2. The molecule has 136 valence electrons. The van der Waals surface area contributed by atoms with Crippen molar-refractivity contribution >= 4 is 48.8 Å². The van der Waals surface area contributed by atoms with Gasteiger partial charge >= 0.3 is 0 Å². The second kappa shape index (κ2) is 7.35. The Bertz CT molecular complexity index is 770. The number of rotatable bonds is 4. The van der Waals surface area contributed by atoms with E-state index >= 15 is 0 Å². The van der Waals surface area contributed by atoms with Gasteiger partial charge in [-0.05, 0) is 97.9 Å². The SMILES string of the molecule is Sc1ccc(SC2CC3C4CC(Sc5ccc(S)cc5)C(C4)C3C2)cc1. The molecule has 3 saturated carbocycles. The Morgan fingerprint density at radius 1 is 0.615 bits per heavy atom. The molecule has 3 aliphatic rings. The predicted octanol–water partition coefficient (Wildman–Crippen LogP) is 6.95. The first-order chi connectivity index (χ1) is 12.7. The van der Waals surface area contributed by atoms with Crippen LogP contribution in [0.1, 0.15) is 25.7 Å². The highest BCUT2D eigenvalue weighted by Crippen LogP contribution is 2.63. The smallest absolute Gasteiger partial charge is 0.0128 e. The largest absolute Gasteiger partial charge is 0.143 e. The fourth-order valence-corrected chi connectivity index (χ4v) is 8.69. The lowest BCUT2D eigenvalue weighted by Gasteiger charge is -2.31. The molecule has 2 aromatic rings. The van der Waals surface area contributed by atoms with Crippen LogP contribution in [0, 0.1) is 23.7 Å². The summed E-state index contributed by atoms with van der Waals surface area (Å²) in [5.41, 5.74) is 0. The molecule has 26 heavy (non-hydrogen) atoms. The van der Waals surface area contributed by atoms with E-state index in [-0.39, 0.29) is 0 Å². The van der Waals surface area contributed by atoms with Crippen molar-refractivity contribution in [2.45, 2.75) is 55.8 Å². The molecule has 4 heteroatoms. The van der Waals surface area contributed by atoms with Crippen LogP contribution in [0.15, 0.2) is 68.1 Å². The van der Waals surface area contributed by atoms with Crippen LogP contribution in [0.2, 0.25) is 0 Å². The topological polar surface area (TPSA) is 0 Å². The number of thiol groups is 2. The Morgan fingerprint density at radius 3 is 1.85 bits per heavy atom. The van der Waals surface area contributed by atoms with Gasteiger partial charge in [-0.15, -0.1) is 48.8 Å². The van der Waals surface area contributed by atoms with Crippen LogP contribution in [-0.4, -0.2) is 10.5 Å². The summed E-state index contributed by atoms with van der Waals surface area (Å²) in [6, 6.07) is 17.4. The van der Waals surface area contributed by atoms with Gasteiger partial charge in [-0.2, -0.15) is 0 Å². The Hall–Kier alpha value is -0.160. The highest BCUT2D eigenvalue weighted by atomic mass is 32.2. The Kier molecular flexibility index (Phi) is 5.06. The zero-order valence-electron chi connectivity index (χ0n) is 14.6. The summed E-state index contributed by atoms with van der Waals surface area (Å²) in [5.74, 6) is 3.89. The average molecular weight is 417 g/mol. The van der Waals surface area contributed by atoms with Crippen molar-refractivity contribution in [1.29, 1.82) is 0 Å². The molecule has 2 bridgehead atoms. The molecule has 5 rings (SSSR count). The number of hydrogen-bond donors (Lipinski definition) is 2. The maximum absolute atomic E-state index is 4.41. The minimum Gasteiger partial charge on any atom is -0.143 e. The molecule has 0 N–H and O–H groups in total. The average Bonchev–Trinajstić information content (AvgIpc) is 3.30. The van der Waals surface area contributed by atoms with Crippen molar-refractivity contribution in [2.24, 2.45) is 23.7 Å².